The molecule has 0 saturated carbocycles. The smallest absolute Gasteiger partial charge is 0.342 e. The minimum absolute atomic E-state index is 0.00638. The summed E-state index contributed by atoms with van der Waals surface area (Å²) < 4.78 is 16.8. The highest BCUT2D eigenvalue weighted by atomic mass is 35.5. The second-order valence-electron chi connectivity index (χ2n) is 7.12. The Labute approximate surface area is 215 Å². The SMILES string of the molecule is COc1ccc(Cl)cc1-c1nnc(S/C(=C\c2cccc(OCc3ccc(Cl)cc3)c2)C(=O)O)o1. The number of carboxylic acids is 1. The molecule has 0 aliphatic carbocycles. The number of halogens is 2. The van der Waals surface area contributed by atoms with Gasteiger partial charge in [0.05, 0.1) is 12.7 Å². The van der Waals surface area contributed by atoms with Crippen molar-refractivity contribution >= 4 is 47.0 Å². The summed E-state index contributed by atoms with van der Waals surface area (Å²) in [6.07, 6.45) is 1.51. The molecule has 0 bridgehead atoms. The van der Waals surface area contributed by atoms with Crippen LogP contribution in [-0.4, -0.2) is 28.4 Å². The highest BCUT2D eigenvalue weighted by molar-refractivity contribution is 8.03. The molecule has 3 aromatic carbocycles. The predicted octanol–water partition coefficient (Wildman–Crippen LogP) is 6.85. The van der Waals surface area contributed by atoms with E-state index in [0.717, 1.165) is 17.3 Å². The minimum Gasteiger partial charge on any atom is -0.496 e. The first-order valence-corrected chi connectivity index (χ1v) is 11.8. The van der Waals surface area contributed by atoms with E-state index in [1.807, 2.05) is 12.1 Å². The number of methoxy groups -OCH3 is 1. The lowest BCUT2D eigenvalue weighted by atomic mass is 10.2. The molecule has 35 heavy (non-hydrogen) atoms. The molecule has 0 fully saturated rings. The maximum atomic E-state index is 11.9. The van der Waals surface area contributed by atoms with Crippen molar-refractivity contribution in [1.29, 1.82) is 0 Å². The molecule has 4 rings (SSSR count). The van der Waals surface area contributed by atoms with Crippen LogP contribution < -0.4 is 9.47 Å². The third-order valence-electron chi connectivity index (χ3n) is 4.68. The molecule has 0 spiro atoms. The maximum Gasteiger partial charge on any atom is 0.342 e. The van der Waals surface area contributed by atoms with Crippen molar-refractivity contribution < 1.29 is 23.8 Å². The summed E-state index contributed by atoms with van der Waals surface area (Å²) in [4.78, 5) is 11.9. The maximum absolute atomic E-state index is 11.9. The Kier molecular flexibility index (Phi) is 7.97. The van der Waals surface area contributed by atoms with E-state index in [1.54, 1.807) is 54.6 Å². The summed E-state index contributed by atoms with van der Waals surface area (Å²) in [6, 6.07) is 19.4. The van der Waals surface area contributed by atoms with Crippen molar-refractivity contribution in [3.05, 3.63) is 92.8 Å². The summed E-state index contributed by atoms with van der Waals surface area (Å²) >= 11 is 12.8. The van der Waals surface area contributed by atoms with E-state index in [0.29, 0.717) is 39.3 Å². The van der Waals surface area contributed by atoms with Gasteiger partial charge in [0.2, 0.25) is 0 Å². The van der Waals surface area contributed by atoms with Crippen molar-refractivity contribution in [2.45, 2.75) is 11.8 Å². The first kappa shape index (κ1) is 24.7. The Morgan fingerprint density at radius 2 is 1.83 bits per heavy atom. The number of aromatic nitrogens is 2. The molecule has 0 atom stereocenters. The molecular formula is C25H18Cl2N2O5S. The Balaban J connectivity index is 1.51. The number of nitrogens with zero attached hydrogens (tertiary/aromatic N) is 2. The molecule has 1 aromatic heterocycles. The average Bonchev–Trinajstić information content (AvgIpc) is 3.32. The zero-order chi connectivity index (χ0) is 24.8. The van der Waals surface area contributed by atoms with Crippen molar-refractivity contribution in [2.24, 2.45) is 0 Å². The molecule has 1 heterocycles. The molecule has 0 aliphatic heterocycles. The Morgan fingerprint density at radius 1 is 1.06 bits per heavy atom. The molecule has 178 valence electrons. The monoisotopic (exact) mass is 528 g/mol. The highest BCUT2D eigenvalue weighted by Gasteiger charge is 2.18. The Morgan fingerprint density at radius 3 is 2.57 bits per heavy atom. The molecule has 0 unspecified atom stereocenters. The lowest BCUT2D eigenvalue weighted by Crippen LogP contribution is -1.97. The van der Waals surface area contributed by atoms with Crippen LogP contribution in [0, 0.1) is 0 Å². The van der Waals surface area contributed by atoms with Gasteiger partial charge in [0.15, 0.2) is 0 Å². The van der Waals surface area contributed by atoms with Gasteiger partial charge in [0.1, 0.15) is 23.0 Å². The van der Waals surface area contributed by atoms with Crippen LogP contribution in [0.15, 0.2) is 81.3 Å². The van der Waals surface area contributed by atoms with Crippen LogP contribution in [0.1, 0.15) is 11.1 Å². The van der Waals surface area contributed by atoms with Gasteiger partial charge in [-0.15, -0.1) is 10.2 Å². The summed E-state index contributed by atoms with van der Waals surface area (Å²) in [5.41, 5.74) is 2.10. The zero-order valence-electron chi connectivity index (χ0n) is 18.3. The molecule has 0 aliphatic rings. The fraction of sp³-hybridized carbons (Fsp3) is 0.0800. The first-order chi connectivity index (χ1) is 16.9. The number of aliphatic carboxylic acids is 1. The Bertz CT molecular complexity index is 1370. The van der Waals surface area contributed by atoms with Crippen LogP contribution in [0.5, 0.6) is 11.5 Å². The normalized spacial score (nSPS) is 11.3. The fourth-order valence-electron chi connectivity index (χ4n) is 3.03. The van der Waals surface area contributed by atoms with Crippen molar-refractivity contribution in [3.8, 4) is 23.0 Å². The fourth-order valence-corrected chi connectivity index (χ4v) is 4.00. The van der Waals surface area contributed by atoms with E-state index in [-0.39, 0.29) is 16.0 Å². The average molecular weight is 529 g/mol. The topological polar surface area (TPSA) is 94.7 Å². The number of benzene rings is 3. The first-order valence-electron chi connectivity index (χ1n) is 10.2. The molecule has 10 heteroatoms. The van der Waals surface area contributed by atoms with Crippen molar-refractivity contribution in [3.63, 3.8) is 0 Å². The van der Waals surface area contributed by atoms with E-state index >= 15 is 0 Å². The van der Waals surface area contributed by atoms with Gasteiger partial charge in [0.25, 0.3) is 11.1 Å². The third kappa shape index (κ3) is 6.57. The van der Waals surface area contributed by atoms with Gasteiger partial charge in [-0.1, -0.05) is 47.5 Å². The van der Waals surface area contributed by atoms with Crippen LogP contribution in [0.2, 0.25) is 10.0 Å². The second-order valence-corrected chi connectivity index (χ2v) is 8.99. The second kappa shape index (κ2) is 11.3. The number of carbonyl (C=O) groups is 1. The standard InChI is InChI=1S/C25H18Cl2N2O5S/c1-32-21-10-9-18(27)13-20(21)23-28-29-25(34-23)35-22(24(30)31)12-16-3-2-4-19(11-16)33-14-15-5-7-17(26)8-6-15/h2-13H,14H2,1H3,(H,30,31)/b22-12-. The van der Waals surface area contributed by atoms with Crippen molar-refractivity contribution in [1.82, 2.24) is 10.2 Å². The minimum atomic E-state index is -1.14. The molecule has 0 saturated heterocycles. The summed E-state index contributed by atoms with van der Waals surface area (Å²) in [5, 5.41) is 18.9. The summed E-state index contributed by atoms with van der Waals surface area (Å²) in [6.45, 7) is 0.350. The van der Waals surface area contributed by atoms with E-state index in [1.165, 1.54) is 13.2 Å². The van der Waals surface area contributed by atoms with Gasteiger partial charge in [-0.25, -0.2) is 4.79 Å². The summed E-state index contributed by atoms with van der Waals surface area (Å²) in [7, 11) is 1.51. The molecular weight excluding hydrogens is 511 g/mol. The molecule has 1 N–H and O–H groups in total. The van der Waals surface area contributed by atoms with Gasteiger partial charge in [0, 0.05) is 10.0 Å². The zero-order valence-corrected chi connectivity index (χ0v) is 20.6. The lowest BCUT2D eigenvalue weighted by molar-refractivity contribution is -0.131. The number of ether oxygens (including phenoxy) is 2. The van der Waals surface area contributed by atoms with Gasteiger partial charge >= 0.3 is 5.97 Å². The van der Waals surface area contributed by atoms with Gasteiger partial charge in [-0.3, -0.25) is 0 Å². The molecule has 0 amide bonds. The van der Waals surface area contributed by atoms with E-state index in [9.17, 15) is 9.90 Å². The van der Waals surface area contributed by atoms with E-state index < -0.39 is 5.97 Å². The number of carboxylic acid groups (broad SMARTS) is 1. The van der Waals surface area contributed by atoms with Crippen LogP contribution >= 0.6 is 35.0 Å². The Hall–Kier alpha value is -3.46. The third-order valence-corrected chi connectivity index (χ3v) is 6.02. The number of thioether (sulfide) groups is 1. The van der Waals surface area contributed by atoms with E-state index in [4.69, 9.17) is 37.1 Å². The lowest BCUT2D eigenvalue weighted by Gasteiger charge is -2.07. The van der Waals surface area contributed by atoms with Gasteiger partial charge < -0.3 is 19.0 Å². The van der Waals surface area contributed by atoms with E-state index in [2.05, 4.69) is 10.2 Å². The van der Waals surface area contributed by atoms with Crippen molar-refractivity contribution in [2.75, 3.05) is 7.11 Å². The number of rotatable bonds is 9. The largest absolute Gasteiger partial charge is 0.496 e. The summed E-state index contributed by atoms with van der Waals surface area (Å²) in [5.74, 6) is 0.118. The van der Waals surface area contributed by atoms with Gasteiger partial charge in [-0.05, 0) is 71.4 Å². The van der Waals surface area contributed by atoms with Crippen LogP contribution in [0.25, 0.3) is 17.5 Å². The number of hydrogen-bond acceptors (Lipinski definition) is 7. The molecule has 7 nitrogen and oxygen atoms in total. The molecule has 0 radical (unpaired) electrons. The number of hydrogen-bond donors (Lipinski definition) is 1. The predicted molar refractivity (Wildman–Crippen MR) is 135 cm³/mol. The molecule has 4 aromatic rings. The highest BCUT2D eigenvalue weighted by Crippen LogP contribution is 2.35. The van der Waals surface area contributed by atoms with Gasteiger partial charge in [-0.2, -0.15) is 0 Å². The quantitative estimate of drug-likeness (QED) is 0.186. The van der Waals surface area contributed by atoms with Crippen LogP contribution in [0.4, 0.5) is 0 Å². The van der Waals surface area contributed by atoms with Crippen LogP contribution in [-0.2, 0) is 11.4 Å². The van der Waals surface area contributed by atoms with Crippen LogP contribution in [0.3, 0.4) is 0 Å².